The maximum absolute atomic E-state index is 5.40. The third-order valence-electron chi connectivity index (χ3n) is 15.8. The normalized spacial score (nSPS) is 11.0. The second-order valence-electron chi connectivity index (χ2n) is 22.9. The molecule has 0 aliphatic rings. The number of aromatic nitrogens is 2. The summed E-state index contributed by atoms with van der Waals surface area (Å²) in [5.41, 5.74) is 33.9. The zero-order valence-corrected chi connectivity index (χ0v) is 49.5. The van der Waals surface area contributed by atoms with Crippen molar-refractivity contribution in [2.75, 3.05) is 0 Å². The molecule has 0 radical (unpaired) electrons. The highest BCUT2D eigenvalue weighted by molar-refractivity contribution is 5.84. The van der Waals surface area contributed by atoms with Crippen molar-refractivity contribution in [2.24, 2.45) is 0 Å². The Kier molecular flexibility index (Phi) is 16.0. The molecule has 85 heavy (non-hydrogen) atoms. The van der Waals surface area contributed by atoms with E-state index in [1.807, 2.05) is 0 Å². The van der Waals surface area contributed by atoms with E-state index in [0.717, 1.165) is 50.6 Å². The van der Waals surface area contributed by atoms with Crippen LogP contribution in [0.15, 0.2) is 285 Å². The molecule has 0 aliphatic carbocycles. The Labute approximate surface area is 502 Å². The highest BCUT2D eigenvalue weighted by Crippen LogP contribution is 2.38. The first kappa shape index (κ1) is 55.3. The van der Waals surface area contributed by atoms with Crippen molar-refractivity contribution in [3.8, 4) is 123 Å². The second kappa shape index (κ2) is 24.7. The Bertz CT molecular complexity index is 4320. The molecule has 2 aromatic heterocycles. The van der Waals surface area contributed by atoms with E-state index in [9.17, 15) is 0 Å². The monoisotopic (exact) mass is 1090 g/mol. The summed E-state index contributed by atoms with van der Waals surface area (Å²) in [5.74, 6) is 0. The Morgan fingerprint density at radius 2 is 0.353 bits per heavy atom. The average Bonchev–Trinajstić information content (AvgIpc) is 3.73. The van der Waals surface area contributed by atoms with Gasteiger partial charge in [-0.25, -0.2) is 9.97 Å². The summed E-state index contributed by atoms with van der Waals surface area (Å²) in [6, 6.07) is 103. The Hall–Kier alpha value is -10.3. The third kappa shape index (κ3) is 13.2. The number of hydrogen-bond acceptors (Lipinski definition) is 2. The Balaban J connectivity index is 0.000000185. The number of benzene rings is 11. The molecule has 0 bridgehead atoms. The van der Waals surface area contributed by atoms with Gasteiger partial charge in [-0.1, -0.05) is 240 Å². The van der Waals surface area contributed by atoms with E-state index in [2.05, 4.69) is 334 Å². The van der Waals surface area contributed by atoms with E-state index in [1.54, 1.807) is 0 Å². The molecule has 0 N–H and O–H groups in total. The minimum Gasteiger partial charge on any atom is -0.248 e. The summed E-state index contributed by atoms with van der Waals surface area (Å²) < 4.78 is 0. The fraction of sp³-hybridized carbons (Fsp3) is 0.0843. The van der Waals surface area contributed by atoms with Crippen LogP contribution in [0.2, 0.25) is 0 Å². The quantitative estimate of drug-likeness (QED) is 0.129. The summed E-state index contributed by atoms with van der Waals surface area (Å²) in [5, 5.41) is 0. The number of pyridine rings is 2. The van der Waals surface area contributed by atoms with Gasteiger partial charge >= 0.3 is 0 Å². The lowest BCUT2D eigenvalue weighted by Gasteiger charge is -2.14. The van der Waals surface area contributed by atoms with Gasteiger partial charge in [-0.05, 0) is 210 Å². The van der Waals surface area contributed by atoms with Gasteiger partial charge in [0, 0.05) is 22.3 Å². The number of rotatable bonds is 11. The van der Waals surface area contributed by atoms with Crippen molar-refractivity contribution in [1.82, 2.24) is 9.97 Å². The van der Waals surface area contributed by atoms with Gasteiger partial charge in [0.05, 0.1) is 22.8 Å². The molecule has 13 rings (SSSR count). The van der Waals surface area contributed by atoms with Crippen LogP contribution >= 0.6 is 0 Å². The van der Waals surface area contributed by atoms with Crippen molar-refractivity contribution in [2.45, 2.75) is 48.5 Å². The lowest BCUT2D eigenvalue weighted by molar-refractivity contribution is 1.31. The van der Waals surface area contributed by atoms with Gasteiger partial charge in [-0.2, -0.15) is 0 Å². The molecule has 0 saturated carbocycles. The summed E-state index contributed by atoms with van der Waals surface area (Å²) in [6.45, 7) is 15.0. The van der Waals surface area contributed by atoms with Crippen LogP contribution in [0.1, 0.15) is 38.9 Å². The first-order chi connectivity index (χ1) is 41.4. The van der Waals surface area contributed by atoms with Gasteiger partial charge in [-0.15, -0.1) is 0 Å². The molecule has 2 heterocycles. The number of nitrogens with zero attached hydrogens (tertiary/aromatic N) is 2. The lowest BCUT2D eigenvalue weighted by Crippen LogP contribution is -1.94. The van der Waals surface area contributed by atoms with Crippen LogP contribution in [0.5, 0.6) is 0 Å². The standard InChI is InChI=1S/C51H41N.C32H27N/c1-34-12-8-16-39(22-34)41-18-10-20-43(28-41)45-24-36(3)26-48(30-45)50-32-47(38-14-6-5-7-15-38)33-51(52-50)49-27-37(4)25-46(31-49)44-21-11-19-42(29-44)40-17-9-13-35(2)23-40;1-22-7-4-10-27(17-22)25-13-15-26(16-14-25)30-20-31(28-11-5-8-23(2)18-28)33-32(21-30)29-12-6-9-24(3)19-29/h5-33H,1-4H3;4-21H,1-3H3. The number of aryl methyl sites for hydroxylation is 7. The third-order valence-corrected chi connectivity index (χ3v) is 15.8. The summed E-state index contributed by atoms with van der Waals surface area (Å²) in [7, 11) is 0. The maximum Gasteiger partial charge on any atom is 0.0716 e. The molecular formula is C83H68N2. The SMILES string of the molecule is Cc1cccc(-c2ccc(-c3cc(-c4cccc(C)c4)nc(-c4cccc(C)c4)c3)cc2)c1.Cc1cccc(-c2cccc(-c3cc(C)cc(-c4cc(-c5ccccc5)cc(-c5cc(C)cc(-c6cccc(-c7cccc(C)c7)c6)c5)n4)c3)c2)c1. The average molecular weight is 1090 g/mol. The summed E-state index contributed by atoms with van der Waals surface area (Å²) >= 11 is 0. The van der Waals surface area contributed by atoms with Crippen molar-refractivity contribution < 1.29 is 0 Å². The van der Waals surface area contributed by atoms with Gasteiger partial charge in [-0.3, -0.25) is 0 Å². The van der Waals surface area contributed by atoms with Crippen molar-refractivity contribution in [3.63, 3.8) is 0 Å². The largest absolute Gasteiger partial charge is 0.248 e. The van der Waals surface area contributed by atoms with Crippen LogP contribution in [0, 0.1) is 48.5 Å². The van der Waals surface area contributed by atoms with Gasteiger partial charge in [0.1, 0.15) is 0 Å². The van der Waals surface area contributed by atoms with Gasteiger partial charge in [0.15, 0.2) is 0 Å². The minimum absolute atomic E-state index is 0.959. The van der Waals surface area contributed by atoms with Crippen molar-refractivity contribution in [1.29, 1.82) is 0 Å². The predicted octanol–water partition coefficient (Wildman–Crippen LogP) is 22.7. The first-order valence-electron chi connectivity index (χ1n) is 29.4. The second-order valence-corrected chi connectivity index (χ2v) is 22.9. The Morgan fingerprint density at radius 1 is 0.141 bits per heavy atom. The molecule has 410 valence electrons. The molecule has 0 aliphatic heterocycles. The molecule has 0 fully saturated rings. The maximum atomic E-state index is 5.40. The summed E-state index contributed by atoms with van der Waals surface area (Å²) in [4.78, 5) is 10.5. The van der Waals surface area contributed by atoms with Crippen molar-refractivity contribution >= 4 is 0 Å². The van der Waals surface area contributed by atoms with Crippen molar-refractivity contribution in [3.05, 3.63) is 324 Å². The Morgan fingerprint density at radius 3 is 0.718 bits per heavy atom. The molecule has 0 spiro atoms. The fourth-order valence-corrected chi connectivity index (χ4v) is 11.5. The zero-order chi connectivity index (χ0) is 58.4. The fourth-order valence-electron chi connectivity index (χ4n) is 11.5. The molecule has 2 nitrogen and oxygen atoms in total. The van der Waals surface area contributed by atoms with E-state index in [-0.39, 0.29) is 0 Å². The van der Waals surface area contributed by atoms with Gasteiger partial charge in [0.25, 0.3) is 0 Å². The molecule has 0 saturated heterocycles. The van der Waals surface area contributed by atoms with Gasteiger partial charge < -0.3 is 0 Å². The molecule has 0 amide bonds. The van der Waals surface area contributed by atoms with Crippen LogP contribution in [-0.4, -0.2) is 9.97 Å². The van der Waals surface area contributed by atoms with E-state index in [0.29, 0.717) is 0 Å². The van der Waals surface area contributed by atoms with Crippen LogP contribution in [0.3, 0.4) is 0 Å². The van der Waals surface area contributed by atoms with E-state index in [4.69, 9.17) is 9.97 Å². The molecule has 0 atom stereocenters. The molecular weight excluding hydrogens is 1020 g/mol. The van der Waals surface area contributed by atoms with E-state index >= 15 is 0 Å². The van der Waals surface area contributed by atoms with Crippen LogP contribution in [-0.2, 0) is 0 Å². The van der Waals surface area contributed by atoms with Crippen LogP contribution in [0.25, 0.3) is 123 Å². The van der Waals surface area contributed by atoms with Crippen LogP contribution in [0.4, 0.5) is 0 Å². The molecule has 13 aromatic rings. The predicted molar refractivity (Wildman–Crippen MR) is 361 cm³/mol. The van der Waals surface area contributed by atoms with Gasteiger partial charge in [0.2, 0.25) is 0 Å². The minimum atomic E-state index is 0.959. The smallest absolute Gasteiger partial charge is 0.0716 e. The number of hydrogen-bond donors (Lipinski definition) is 0. The van der Waals surface area contributed by atoms with Crippen LogP contribution < -0.4 is 0 Å². The highest BCUT2D eigenvalue weighted by Gasteiger charge is 2.15. The van der Waals surface area contributed by atoms with E-state index < -0.39 is 0 Å². The van der Waals surface area contributed by atoms with E-state index in [1.165, 1.54) is 111 Å². The summed E-state index contributed by atoms with van der Waals surface area (Å²) in [6.07, 6.45) is 0. The first-order valence-corrected chi connectivity index (χ1v) is 29.4. The molecule has 2 heteroatoms. The lowest BCUT2D eigenvalue weighted by atomic mass is 9.93. The molecule has 11 aromatic carbocycles. The highest BCUT2D eigenvalue weighted by atomic mass is 14.7. The molecule has 0 unspecified atom stereocenters. The zero-order valence-electron chi connectivity index (χ0n) is 49.5. The topological polar surface area (TPSA) is 25.8 Å².